The second-order valence-electron chi connectivity index (χ2n) is 7.77. The molecule has 1 heterocycles. The molecular weight excluding hydrogens is 382 g/mol. The Morgan fingerprint density at radius 2 is 1.89 bits per heavy atom. The van der Waals surface area contributed by atoms with Crippen LogP contribution in [0.25, 0.3) is 0 Å². The van der Waals surface area contributed by atoms with Crippen molar-refractivity contribution >= 4 is 29.4 Å². The summed E-state index contributed by atoms with van der Waals surface area (Å²) in [5.74, 6) is -0.524. The lowest BCUT2D eigenvalue weighted by Gasteiger charge is -2.34. The summed E-state index contributed by atoms with van der Waals surface area (Å²) in [7, 11) is 3.44. The number of methoxy groups -OCH3 is 1. The number of amides is 4. The van der Waals surface area contributed by atoms with E-state index in [0.717, 1.165) is 41.0 Å². The fourth-order valence-corrected chi connectivity index (χ4v) is 4.37. The lowest BCUT2D eigenvalue weighted by Crippen LogP contribution is -3.09. The molecule has 2 aliphatic rings. The fourth-order valence-electron chi connectivity index (χ4n) is 4.17. The number of ether oxygens (including phenoxy) is 1. The number of halogens is 1. The molecular formula is C20H27ClN3O4+. The van der Waals surface area contributed by atoms with E-state index in [2.05, 4.69) is 0 Å². The summed E-state index contributed by atoms with van der Waals surface area (Å²) in [6, 6.07) is 4.65. The Kier molecular flexibility index (Phi) is 6.25. The third-order valence-corrected chi connectivity index (χ3v) is 5.88. The van der Waals surface area contributed by atoms with E-state index in [1.54, 1.807) is 25.3 Å². The first-order chi connectivity index (χ1) is 13.3. The van der Waals surface area contributed by atoms with E-state index < -0.39 is 17.8 Å². The van der Waals surface area contributed by atoms with E-state index in [4.69, 9.17) is 16.3 Å². The van der Waals surface area contributed by atoms with Crippen LogP contribution < -0.4 is 9.64 Å². The van der Waals surface area contributed by atoms with Gasteiger partial charge in [0.2, 0.25) is 0 Å². The molecule has 0 bridgehead atoms. The lowest BCUT2D eigenvalue weighted by molar-refractivity contribution is -0.901. The van der Waals surface area contributed by atoms with Gasteiger partial charge >= 0.3 is 17.8 Å². The molecule has 1 unspecified atom stereocenters. The molecule has 3 atom stereocenters. The number of nitrogens with zero attached hydrogens (tertiary/aromatic N) is 2. The summed E-state index contributed by atoms with van der Waals surface area (Å²) < 4.78 is 5.36. The molecule has 1 saturated heterocycles. The molecule has 0 aromatic heterocycles. The largest absolute Gasteiger partial charge is 0.496 e. The van der Waals surface area contributed by atoms with Gasteiger partial charge in [-0.2, -0.15) is 0 Å². The standard InChI is InChI=1S/C20H26ClN3O4/c1-13-6-4-5-7-16(13)24-19(26)18(25)23(20(24)27)12-22(2)11-14-10-15(21)8-9-17(14)28-3/h8-10,13,16H,4-7,11-12H2,1-3H3/p+1/t13-,16+/m0/s1. The minimum Gasteiger partial charge on any atom is -0.496 e. The van der Waals surface area contributed by atoms with E-state index in [-0.39, 0.29) is 18.6 Å². The van der Waals surface area contributed by atoms with Gasteiger partial charge in [-0.05, 0) is 37.0 Å². The van der Waals surface area contributed by atoms with Crippen LogP contribution in [-0.4, -0.2) is 54.5 Å². The van der Waals surface area contributed by atoms with Crippen LogP contribution in [-0.2, 0) is 16.1 Å². The van der Waals surface area contributed by atoms with E-state index >= 15 is 0 Å². The van der Waals surface area contributed by atoms with Crippen molar-refractivity contribution in [3.05, 3.63) is 28.8 Å². The van der Waals surface area contributed by atoms with Crippen molar-refractivity contribution in [2.75, 3.05) is 20.8 Å². The Balaban J connectivity index is 1.71. The molecule has 1 aliphatic carbocycles. The molecule has 4 amide bonds. The van der Waals surface area contributed by atoms with E-state index in [1.165, 1.54) is 4.90 Å². The average Bonchev–Trinajstić information content (AvgIpc) is 2.86. The van der Waals surface area contributed by atoms with Gasteiger partial charge in [0.25, 0.3) is 0 Å². The van der Waals surface area contributed by atoms with Gasteiger partial charge in [0, 0.05) is 16.6 Å². The van der Waals surface area contributed by atoms with Crippen LogP contribution in [0.3, 0.4) is 0 Å². The Labute approximate surface area is 170 Å². The van der Waals surface area contributed by atoms with Crippen molar-refractivity contribution in [3.8, 4) is 5.75 Å². The molecule has 8 heteroatoms. The maximum atomic E-state index is 12.9. The molecule has 1 aliphatic heterocycles. The highest BCUT2D eigenvalue weighted by molar-refractivity contribution is 6.44. The zero-order chi connectivity index (χ0) is 20.4. The Bertz CT molecular complexity index is 785. The first-order valence-corrected chi connectivity index (χ1v) is 10.0. The summed E-state index contributed by atoms with van der Waals surface area (Å²) in [5, 5.41) is 0.588. The number of carbonyl (C=O) groups is 3. The smallest absolute Gasteiger partial charge is 0.338 e. The maximum Gasteiger partial charge on any atom is 0.338 e. The first kappa shape index (κ1) is 20.6. The van der Waals surface area contributed by atoms with Gasteiger partial charge in [0.05, 0.1) is 14.2 Å². The lowest BCUT2D eigenvalue weighted by atomic mass is 9.85. The minimum atomic E-state index is -0.736. The van der Waals surface area contributed by atoms with E-state index in [9.17, 15) is 14.4 Å². The van der Waals surface area contributed by atoms with Crippen molar-refractivity contribution < 1.29 is 24.0 Å². The van der Waals surface area contributed by atoms with E-state index in [1.807, 2.05) is 14.0 Å². The predicted molar refractivity (Wildman–Crippen MR) is 104 cm³/mol. The highest BCUT2D eigenvalue weighted by Crippen LogP contribution is 2.31. The summed E-state index contributed by atoms with van der Waals surface area (Å²) in [6.07, 6.45) is 3.80. The summed E-state index contributed by atoms with van der Waals surface area (Å²) in [6.45, 7) is 2.64. The third kappa shape index (κ3) is 4.00. The number of hydrogen-bond donors (Lipinski definition) is 1. The van der Waals surface area contributed by atoms with Crippen LogP contribution in [0.4, 0.5) is 4.79 Å². The van der Waals surface area contributed by atoms with Crippen molar-refractivity contribution in [2.45, 2.75) is 45.2 Å². The van der Waals surface area contributed by atoms with Crippen molar-refractivity contribution in [2.24, 2.45) is 5.92 Å². The van der Waals surface area contributed by atoms with E-state index in [0.29, 0.717) is 17.3 Å². The first-order valence-electron chi connectivity index (χ1n) is 9.66. The van der Waals surface area contributed by atoms with Gasteiger partial charge in [0.1, 0.15) is 12.3 Å². The number of quaternary nitrogens is 1. The number of urea groups is 1. The van der Waals surface area contributed by atoms with Crippen LogP contribution >= 0.6 is 11.6 Å². The second-order valence-corrected chi connectivity index (χ2v) is 8.20. The van der Waals surface area contributed by atoms with Crippen LogP contribution in [0, 0.1) is 5.92 Å². The van der Waals surface area contributed by atoms with Gasteiger partial charge in [-0.15, -0.1) is 0 Å². The molecule has 0 radical (unpaired) electrons. The topological polar surface area (TPSA) is 71.4 Å². The molecule has 1 saturated carbocycles. The highest BCUT2D eigenvalue weighted by atomic mass is 35.5. The number of imide groups is 2. The summed E-state index contributed by atoms with van der Waals surface area (Å²) >= 11 is 6.08. The normalized spacial score (nSPS) is 24.1. The minimum absolute atomic E-state index is 0.108. The number of nitrogens with one attached hydrogen (secondary N) is 1. The summed E-state index contributed by atoms with van der Waals surface area (Å²) in [4.78, 5) is 41.0. The molecule has 28 heavy (non-hydrogen) atoms. The number of rotatable bonds is 6. The van der Waals surface area contributed by atoms with Gasteiger partial charge in [-0.3, -0.25) is 14.5 Å². The number of benzene rings is 1. The number of carbonyl (C=O) groups excluding carboxylic acids is 3. The Morgan fingerprint density at radius 3 is 2.57 bits per heavy atom. The van der Waals surface area contributed by atoms with Crippen molar-refractivity contribution in [3.63, 3.8) is 0 Å². The second kappa shape index (κ2) is 8.49. The molecule has 152 valence electrons. The third-order valence-electron chi connectivity index (χ3n) is 5.64. The molecule has 3 rings (SSSR count). The quantitative estimate of drug-likeness (QED) is 0.574. The zero-order valence-corrected chi connectivity index (χ0v) is 17.3. The SMILES string of the molecule is COc1ccc(Cl)cc1C[NH+](C)CN1C(=O)C(=O)N([C@@H]2CCCC[C@@H]2C)C1=O. The summed E-state index contributed by atoms with van der Waals surface area (Å²) in [5.41, 5.74) is 0.871. The van der Waals surface area contributed by atoms with Crippen LogP contribution in [0.1, 0.15) is 38.2 Å². The van der Waals surface area contributed by atoms with Crippen molar-refractivity contribution in [1.29, 1.82) is 0 Å². The maximum absolute atomic E-state index is 12.9. The van der Waals surface area contributed by atoms with Crippen LogP contribution in [0.5, 0.6) is 5.75 Å². The van der Waals surface area contributed by atoms with Crippen LogP contribution in [0.2, 0.25) is 5.02 Å². The van der Waals surface area contributed by atoms with Gasteiger partial charge in [0.15, 0.2) is 6.67 Å². The molecule has 1 aromatic rings. The molecule has 1 aromatic carbocycles. The Morgan fingerprint density at radius 1 is 1.18 bits per heavy atom. The predicted octanol–water partition coefficient (Wildman–Crippen LogP) is 1.69. The average molecular weight is 409 g/mol. The van der Waals surface area contributed by atoms with Gasteiger partial charge < -0.3 is 9.64 Å². The van der Waals surface area contributed by atoms with Gasteiger partial charge in [-0.25, -0.2) is 9.69 Å². The molecule has 2 fully saturated rings. The molecule has 0 spiro atoms. The van der Waals surface area contributed by atoms with Crippen molar-refractivity contribution in [1.82, 2.24) is 9.80 Å². The van der Waals surface area contributed by atoms with Gasteiger partial charge in [-0.1, -0.05) is 31.4 Å². The number of hydrogen-bond acceptors (Lipinski definition) is 4. The highest BCUT2D eigenvalue weighted by Gasteiger charge is 2.50. The van der Waals surface area contributed by atoms with Crippen LogP contribution in [0.15, 0.2) is 18.2 Å². The fraction of sp³-hybridized carbons (Fsp3) is 0.550. The zero-order valence-electron chi connectivity index (χ0n) is 16.5. The molecule has 1 N–H and O–H groups in total. The molecule has 7 nitrogen and oxygen atoms in total. The Hall–Kier alpha value is -2.12. The monoisotopic (exact) mass is 408 g/mol.